The van der Waals surface area contributed by atoms with Crippen LogP contribution in [0.2, 0.25) is 0 Å². The Morgan fingerprint density at radius 3 is 2.21 bits per heavy atom. The molecule has 2 atom stereocenters. The first-order chi connectivity index (χ1) is 13.3. The molecule has 0 radical (unpaired) electrons. The van der Waals surface area contributed by atoms with Crippen LogP contribution in [0.15, 0.2) is 48.5 Å². The molecule has 148 valence electrons. The highest BCUT2D eigenvalue weighted by molar-refractivity contribution is 14.1. The summed E-state index contributed by atoms with van der Waals surface area (Å²) in [4.78, 5) is 35.8. The number of nitrogens with one attached hydrogen (secondary N) is 2. The molecule has 0 unspecified atom stereocenters. The van der Waals surface area contributed by atoms with Gasteiger partial charge in [-0.3, -0.25) is 9.59 Å². The van der Waals surface area contributed by atoms with Gasteiger partial charge in [-0.25, -0.2) is 9.18 Å². The third-order valence-corrected chi connectivity index (χ3v) is 5.10. The maximum atomic E-state index is 13.1. The third-order valence-electron chi connectivity index (χ3n) is 4.04. The van der Waals surface area contributed by atoms with Crippen molar-refractivity contribution in [2.45, 2.75) is 31.8 Å². The van der Waals surface area contributed by atoms with Crippen molar-refractivity contribution in [2.24, 2.45) is 0 Å². The van der Waals surface area contributed by atoms with Gasteiger partial charge in [-0.1, -0.05) is 30.3 Å². The zero-order chi connectivity index (χ0) is 20.7. The second kappa shape index (κ2) is 10.2. The second-order valence-electron chi connectivity index (χ2n) is 6.28. The van der Waals surface area contributed by atoms with Gasteiger partial charge in [0.05, 0.1) is 0 Å². The second-order valence-corrected chi connectivity index (χ2v) is 7.44. The van der Waals surface area contributed by atoms with Crippen LogP contribution in [-0.2, 0) is 27.2 Å². The molecule has 0 heterocycles. The number of hydrogen-bond donors (Lipinski definition) is 3. The fourth-order valence-electron chi connectivity index (χ4n) is 2.67. The van der Waals surface area contributed by atoms with E-state index in [1.165, 1.54) is 31.2 Å². The highest BCUT2D eigenvalue weighted by Crippen LogP contribution is 2.14. The quantitative estimate of drug-likeness (QED) is 0.487. The summed E-state index contributed by atoms with van der Waals surface area (Å²) >= 11 is 2.10. The van der Waals surface area contributed by atoms with Crippen LogP contribution >= 0.6 is 22.6 Å². The van der Waals surface area contributed by atoms with Gasteiger partial charge in [-0.15, -0.1) is 0 Å². The van der Waals surface area contributed by atoms with Crippen LogP contribution in [0, 0.1) is 9.39 Å². The number of aliphatic carboxylic acids is 1. The van der Waals surface area contributed by atoms with Crippen LogP contribution < -0.4 is 10.6 Å². The number of hydrogen-bond acceptors (Lipinski definition) is 3. The van der Waals surface area contributed by atoms with Gasteiger partial charge in [0.15, 0.2) is 0 Å². The number of amides is 2. The molecule has 8 heteroatoms. The Bertz CT molecular complexity index is 858. The van der Waals surface area contributed by atoms with E-state index in [4.69, 9.17) is 0 Å². The Balaban J connectivity index is 2.14. The molecule has 2 rings (SSSR count). The first-order valence-electron chi connectivity index (χ1n) is 8.54. The summed E-state index contributed by atoms with van der Waals surface area (Å²) in [5, 5.41) is 14.5. The zero-order valence-electron chi connectivity index (χ0n) is 15.1. The maximum absolute atomic E-state index is 13.1. The molecule has 2 amide bonds. The van der Waals surface area contributed by atoms with Crippen molar-refractivity contribution in [1.82, 2.24) is 10.6 Å². The molecule has 0 aliphatic heterocycles. The van der Waals surface area contributed by atoms with E-state index in [2.05, 4.69) is 33.2 Å². The van der Waals surface area contributed by atoms with Gasteiger partial charge in [-0.2, -0.15) is 0 Å². The summed E-state index contributed by atoms with van der Waals surface area (Å²) < 4.78 is 14.0. The normalized spacial score (nSPS) is 12.7. The van der Waals surface area contributed by atoms with E-state index < -0.39 is 35.7 Å². The highest BCUT2D eigenvalue weighted by Gasteiger charge is 2.26. The van der Waals surface area contributed by atoms with Crippen molar-refractivity contribution in [3.05, 3.63) is 69.0 Å². The van der Waals surface area contributed by atoms with E-state index in [0.717, 1.165) is 9.13 Å². The monoisotopic (exact) mass is 498 g/mol. The van der Waals surface area contributed by atoms with Crippen molar-refractivity contribution in [2.75, 3.05) is 0 Å². The number of carbonyl (C=O) groups excluding carboxylic acids is 2. The summed E-state index contributed by atoms with van der Waals surface area (Å²) in [6, 6.07) is 10.7. The molecular formula is C20H20FIN2O4. The van der Waals surface area contributed by atoms with Crippen LogP contribution in [-0.4, -0.2) is 35.0 Å². The smallest absolute Gasteiger partial charge is 0.326 e. The molecule has 2 aromatic rings. The van der Waals surface area contributed by atoms with Crippen molar-refractivity contribution < 1.29 is 23.9 Å². The SMILES string of the molecule is CC(=O)N[C@H](Cc1ccc(F)cc1)C(=O)N[C@@H](Cc1ccccc1I)C(=O)O. The van der Waals surface area contributed by atoms with Gasteiger partial charge in [0.25, 0.3) is 0 Å². The summed E-state index contributed by atoms with van der Waals surface area (Å²) in [5.74, 6) is -2.62. The van der Waals surface area contributed by atoms with E-state index in [0.29, 0.717) is 5.56 Å². The van der Waals surface area contributed by atoms with E-state index in [-0.39, 0.29) is 12.8 Å². The number of benzene rings is 2. The molecule has 0 aliphatic rings. The number of carbonyl (C=O) groups is 3. The topological polar surface area (TPSA) is 95.5 Å². The van der Waals surface area contributed by atoms with Gasteiger partial charge in [0.2, 0.25) is 11.8 Å². The van der Waals surface area contributed by atoms with Crippen molar-refractivity contribution in [3.8, 4) is 0 Å². The molecule has 0 fully saturated rings. The Hall–Kier alpha value is -2.49. The lowest BCUT2D eigenvalue weighted by Crippen LogP contribution is -2.52. The molecule has 0 saturated carbocycles. The number of halogens is 2. The fourth-order valence-corrected chi connectivity index (χ4v) is 3.27. The van der Waals surface area contributed by atoms with Crippen molar-refractivity contribution >= 4 is 40.4 Å². The molecule has 0 saturated heterocycles. The number of rotatable bonds is 8. The molecule has 0 aliphatic carbocycles. The Labute approximate surface area is 175 Å². The average Bonchev–Trinajstić information content (AvgIpc) is 2.63. The molecule has 2 aromatic carbocycles. The van der Waals surface area contributed by atoms with Crippen LogP contribution in [0.3, 0.4) is 0 Å². The minimum absolute atomic E-state index is 0.112. The lowest BCUT2D eigenvalue weighted by molar-refractivity contribution is -0.142. The van der Waals surface area contributed by atoms with Gasteiger partial charge < -0.3 is 15.7 Å². The lowest BCUT2D eigenvalue weighted by atomic mass is 10.0. The van der Waals surface area contributed by atoms with E-state index >= 15 is 0 Å². The standard InChI is InChI=1S/C20H20FIN2O4/c1-12(25)23-17(10-13-6-8-15(21)9-7-13)19(26)24-18(20(27)28)11-14-4-2-3-5-16(14)22/h2-9,17-18H,10-11H2,1H3,(H,23,25)(H,24,26)(H,27,28)/t17-,18+/m1/s1. The molecule has 0 bridgehead atoms. The molecule has 0 aromatic heterocycles. The van der Waals surface area contributed by atoms with Gasteiger partial charge in [-0.05, 0) is 51.9 Å². The summed E-state index contributed by atoms with van der Waals surface area (Å²) in [7, 11) is 0. The van der Waals surface area contributed by atoms with Crippen molar-refractivity contribution in [1.29, 1.82) is 0 Å². The summed E-state index contributed by atoms with van der Waals surface area (Å²) in [5.41, 5.74) is 1.44. The first kappa shape index (κ1) is 21.8. The summed E-state index contributed by atoms with van der Waals surface area (Å²) in [6.45, 7) is 1.27. The van der Waals surface area contributed by atoms with Gasteiger partial charge >= 0.3 is 5.97 Å². The highest BCUT2D eigenvalue weighted by atomic mass is 127. The lowest BCUT2D eigenvalue weighted by Gasteiger charge is -2.21. The fraction of sp³-hybridized carbons (Fsp3) is 0.250. The van der Waals surface area contributed by atoms with Gasteiger partial charge in [0.1, 0.15) is 17.9 Å². The Kier molecular flexibility index (Phi) is 7.91. The zero-order valence-corrected chi connectivity index (χ0v) is 17.3. The van der Waals surface area contributed by atoms with E-state index in [1.54, 1.807) is 12.1 Å². The predicted molar refractivity (Wildman–Crippen MR) is 110 cm³/mol. The predicted octanol–water partition coefficient (Wildman–Crippen LogP) is 2.29. The number of carboxylic acids is 1. The molecule has 6 nitrogen and oxygen atoms in total. The minimum atomic E-state index is -1.17. The van der Waals surface area contributed by atoms with Crippen molar-refractivity contribution in [3.63, 3.8) is 0 Å². The molecule has 28 heavy (non-hydrogen) atoms. The third kappa shape index (κ3) is 6.59. The van der Waals surface area contributed by atoms with Gasteiger partial charge in [0, 0.05) is 23.3 Å². The number of carboxylic acid groups (broad SMARTS) is 1. The minimum Gasteiger partial charge on any atom is -0.480 e. The molecule has 3 N–H and O–H groups in total. The molecule has 0 spiro atoms. The summed E-state index contributed by atoms with van der Waals surface area (Å²) in [6.07, 6.45) is 0.227. The Morgan fingerprint density at radius 2 is 1.64 bits per heavy atom. The average molecular weight is 498 g/mol. The van der Waals surface area contributed by atoms with Crippen LogP contribution in [0.1, 0.15) is 18.1 Å². The van der Waals surface area contributed by atoms with Crippen LogP contribution in [0.5, 0.6) is 0 Å². The Morgan fingerprint density at radius 1 is 1.00 bits per heavy atom. The largest absolute Gasteiger partial charge is 0.480 e. The first-order valence-corrected chi connectivity index (χ1v) is 9.62. The maximum Gasteiger partial charge on any atom is 0.326 e. The van der Waals surface area contributed by atoms with E-state index in [9.17, 15) is 23.9 Å². The van der Waals surface area contributed by atoms with E-state index in [1.807, 2.05) is 12.1 Å². The molecular weight excluding hydrogens is 478 g/mol. The van der Waals surface area contributed by atoms with Crippen LogP contribution in [0.25, 0.3) is 0 Å². The van der Waals surface area contributed by atoms with Crippen LogP contribution in [0.4, 0.5) is 4.39 Å².